The van der Waals surface area contributed by atoms with Crippen molar-refractivity contribution in [2.45, 2.75) is 52.0 Å². The average molecular weight is 487 g/mol. The molecule has 1 aliphatic carbocycles. The minimum absolute atomic E-state index is 0.377. The highest BCUT2D eigenvalue weighted by Crippen LogP contribution is 2.39. The zero-order chi connectivity index (χ0) is 25.5. The van der Waals surface area contributed by atoms with Gasteiger partial charge in [-0.05, 0) is 97.6 Å². The topological polar surface area (TPSA) is 61.8 Å². The Morgan fingerprint density at radius 2 is 1.81 bits per heavy atom. The zero-order valence-corrected chi connectivity index (χ0v) is 21.7. The number of carboxylic acids is 1. The van der Waals surface area contributed by atoms with Crippen molar-refractivity contribution in [3.05, 3.63) is 94.0 Å². The summed E-state index contributed by atoms with van der Waals surface area (Å²) in [5.74, 6) is 0.395. The van der Waals surface area contributed by atoms with Crippen LogP contribution in [0.15, 0.2) is 60.7 Å². The molecule has 2 N–H and O–H groups in total. The van der Waals surface area contributed by atoms with Gasteiger partial charge < -0.3 is 20.1 Å². The van der Waals surface area contributed by atoms with Crippen molar-refractivity contribution in [2.75, 3.05) is 31.6 Å². The van der Waals surface area contributed by atoms with Crippen LogP contribution >= 0.6 is 0 Å². The molecule has 0 spiro atoms. The fourth-order valence-electron chi connectivity index (χ4n) is 5.23. The molecular formula is C31H38N2O3. The van der Waals surface area contributed by atoms with Crippen molar-refractivity contribution in [1.82, 2.24) is 5.32 Å². The van der Waals surface area contributed by atoms with Gasteiger partial charge in [0.05, 0.1) is 12.7 Å². The Morgan fingerprint density at radius 1 is 1.03 bits per heavy atom. The SMILES string of the molecule is CCNCCc1ccc(CN(CC)c2cc(OC)ccc2C2CCc3cc(C(=O)O)ccc3C2)cc1. The van der Waals surface area contributed by atoms with Gasteiger partial charge in [0.1, 0.15) is 5.75 Å². The number of aryl methyl sites for hydroxylation is 1. The Bertz CT molecular complexity index is 1170. The third kappa shape index (κ3) is 6.08. The summed E-state index contributed by atoms with van der Waals surface area (Å²) in [6.07, 6.45) is 3.87. The third-order valence-corrected chi connectivity index (χ3v) is 7.32. The highest BCUT2D eigenvalue weighted by Gasteiger charge is 2.25. The molecule has 0 saturated carbocycles. The highest BCUT2D eigenvalue weighted by molar-refractivity contribution is 5.88. The fraction of sp³-hybridized carbons (Fsp3) is 0.387. The van der Waals surface area contributed by atoms with E-state index in [9.17, 15) is 9.90 Å². The molecule has 0 aliphatic heterocycles. The van der Waals surface area contributed by atoms with Crippen LogP contribution < -0.4 is 15.0 Å². The van der Waals surface area contributed by atoms with E-state index in [2.05, 4.69) is 66.5 Å². The van der Waals surface area contributed by atoms with Crippen LogP contribution in [0.5, 0.6) is 5.75 Å². The fourth-order valence-corrected chi connectivity index (χ4v) is 5.23. The summed E-state index contributed by atoms with van der Waals surface area (Å²) in [6.45, 7) is 8.09. The molecule has 5 heteroatoms. The summed E-state index contributed by atoms with van der Waals surface area (Å²) in [5.41, 5.74) is 8.03. The number of benzene rings is 3. The van der Waals surface area contributed by atoms with Crippen molar-refractivity contribution in [2.24, 2.45) is 0 Å². The lowest BCUT2D eigenvalue weighted by molar-refractivity contribution is 0.0696. The smallest absolute Gasteiger partial charge is 0.335 e. The Morgan fingerprint density at radius 3 is 2.50 bits per heavy atom. The monoisotopic (exact) mass is 486 g/mol. The van der Waals surface area contributed by atoms with Crippen LogP contribution in [0, 0.1) is 0 Å². The Kier molecular flexibility index (Phi) is 8.65. The normalized spacial score (nSPS) is 14.8. The van der Waals surface area contributed by atoms with Crippen LogP contribution in [-0.2, 0) is 25.8 Å². The third-order valence-electron chi connectivity index (χ3n) is 7.32. The van der Waals surface area contributed by atoms with E-state index in [1.165, 1.54) is 33.5 Å². The van der Waals surface area contributed by atoms with Crippen molar-refractivity contribution >= 4 is 11.7 Å². The van der Waals surface area contributed by atoms with Crippen LogP contribution in [0.1, 0.15) is 64.4 Å². The van der Waals surface area contributed by atoms with E-state index in [0.717, 1.165) is 57.6 Å². The van der Waals surface area contributed by atoms with E-state index >= 15 is 0 Å². The van der Waals surface area contributed by atoms with Gasteiger partial charge in [-0.25, -0.2) is 4.79 Å². The molecule has 1 aliphatic rings. The predicted molar refractivity (Wildman–Crippen MR) is 147 cm³/mol. The first-order valence-corrected chi connectivity index (χ1v) is 13.1. The van der Waals surface area contributed by atoms with Gasteiger partial charge >= 0.3 is 5.97 Å². The maximum Gasteiger partial charge on any atom is 0.335 e. The molecule has 5 nitrogen and oxygen atoms in total. The number of carbonyl (C=O) groups is 1. The molecule has 0 aromatic heterocycles. The van der Waals surface area contributed by atoms with E-state index in [1.807, 2.05) is 12.1 Å². The van der Waals surface area contributed by atoms with Crippen LogP contribution in [0.2, 0.25) is 0 Å². The quantitative estimate of drug-likeness (QED) is 0.333. The van der Waals surface area contributed by atoms with Gasteiger partial charge in [-0.2, -0.15) is 0 Å². The van der Waals surface area contributed by atoms with E-state index in [1.54, 1.807) is 13.2 Å². The van der Waals surface area contributed by atoms with Crippen LogP contribution in [0.25, 0.3) is 0 Å². The molecule has 0 bridgehead atoms. The summed E-state index contributed by atoms with van der Waals surface area (Å²) in [4.78, 5) is 13.8. The molecule has 1 unspecified atom stereocenters. The molecule has 4 rings (SSSR count). The summed E-state index contributed by atoms with van der Waals surface area (Å²) in [6, 6.07) is 21.0. The number of hydrogen-bond donors (Lipinski definition) is 2. The zero-order valence-electron chi connectivity index (χ0n) is 21.7. The number of hydrogen-bond acceptors (Lipinski definition) is 4. The summed E-state index contributed by atoms with van der Waals surface area (Å²) in [5, 5.41) is 12.7. The first kappa shape index (κ1) is 25.8. The molecule has 1 atom stereocenters. The molecule has 190 valence electrons. The molecule has 0 fully saturated rings. The lowest BCUT2D eigenvalue weighted by Crippen LogP contribution is -2.25. The lowest BCUT2D eigenvalue weighted by atomic mass is 9.79. The van der Waals surface area contributed by atoms with Gasteiger partial charge in [0.15, 0.2) is 0 Å². The first-order valence-electron chi connectivity index (χ1n) is 13.1. The van der Waals surface area contributed by atoms with Gasteiger partial charge in [-0.1, -0.05) is 43.3 Å². The Balaban J connectivity index is 1.56. The first-order chi connectivity index (χ1) is 17.5. The summed E-state index contributed by atoms with van der Waals surface area (Å²) >= 11 is 0. The number of aromatic carboxylic acids is 1. The van der Waals surface area contributed by atoms with Crippen LogP contribution in [0.3, 0.4) is 0 Å². The molecule has 0 radical (unpaired) electrons. The maximum atomic E-state index is 11.4. The van der Waals surface area contributed by atoms with Crippen LogP contribution in [-0.4, -0.2) is 37.8 Å². The summed E-state index contributed by atoms with van der Waals surface area (Å²) < 4.78 is 5.61. The summed E-state index contributed by atoms with van der Waals surface area (Å²) in [7, 11) is 1.72. The van der Waals surface area contributed by atoms with Crippen LogP contribution in [0.4, 0.5) is 5.69 Å². The largest absolute Gasteiger partial charge is 0.497 e. The lowest BCUT2D eigenvalue weighted by Gasteiger charge is -2.32. The van der Waals surface area contributed by atoms with Gasteiger partial charge in [-0.15, -0.1) is 0 Å². The second kappa shape index (κ2) is 12.1. The van der Waals surface area contributed by atoms with Gasteiger partial charge in [0, 0.05) is 24.8 Å². The van der Waals surface area contributed by atoms with E-state index in [-0.39, 0.29) is 0 Å². The standard InChI is InChI=1S/C31H38N2O3/c1-4-32-17-16-22-6-8-23(9-7-22)21-33(5-2)30-20-28(36-3)14-15-29(30)26-12-10-25-19-27(31(34)35)13-11-24(25)18-26/h6-9,11,13-15,19-20,26,32H,4-5,10,12,16-18,21H2,1-3H3,(H,34,35). The average Bonchev–Trinajstić information content (AvgIpc) is 2.91. The van der Waals surface area contributed by atoms with Gasteiger partial charge in [-0.3, -0.25) is 0 Å². The molecule has 36 heavy (non-hydrogen) atoms. The second-order valence-electron chi connectivity index (χ2n) is 9.59. The molecule has 3 aromatic rings. The predicted octanol–water partition coefficient (Wildman–Crippen LogP) is 5.84. The van der Waals surface area contributed by atoms with Crippen molar-refractivity contribution in [3.8, 4) is 5.75 Å². The number of methoxy groups -OCH3 is 1. The van der Waals surface area contributed by atoms with Gasteiger partial charge in [0.2, 0.25) is 0 Å². The molecular weight excluding hydrogens is 448 g/mol. The Labute approximate surface area is 215 Å². The number of anilines is 1. The number of nitrogens with zero attached hydrogens (tertiary/aromatic N) is 1. The number of ether oxygens (including phenoxy) is 1. The molecule has 0 saturated heterocycles. The number of likely N-dealkylation sites (N-methyl/N-ethyl adjacent to an activating group) is 1. The van der Waals surface area contributed by atoms with Gasteiger partial charge in [0.25, 0.3) is 0 Å². The number of carboxylic acid groups (broad SMARTS) is 1. The highest BCUT2D eigenvalue weighted by atomic mass is 16.5. The molecule has 0 amide bonds. The van der Waals surface area contributed by atoms with E-state index < -0.39 is 5.97 Å². The minimum Gasteiger partial charge on any atom is -0.497 e. The van der Waals surface area contributed by atoms with Crippen molar-refractivity contribution in [1.29, 1.82) is 0 Å². The van der Waals surface area contributed by atoms with Crippen molar-refractivity contribution in [3.63, 3.8) is 0 Å². The number of fused-ring (bicyclic) bond motifs is 1. The number of nitrogens with one attached hydrogen (secondary N) is 1. The number of rotatable bonds is 11. The van der Waals surface area contributed by atoms with E-state index in [4.69, 9.17) is 4.74 Å². The maximum absolute atomic E-state index is 11.4. The minimum atomic E-state index is -0.860. The van der Waals surface area contributed by atoms with E-state index in [0.29, 0.717) is 11.5 Å². The van der Waals surface area contributed by atoms with Crippen molar-refractivity contribution < 1.29 is 14.6 Å². The molecule has 3 aromatic carbocycles. The second-order valence-corrected chi connectivity index (χ2v) is 9.59. The molecule has 0 heterocycles. The Hall–Kier alpha value is -3.31.